The molecule has 1 aliphatic carbocycles. The Bertz CT molecular complexity index is 516. The molecule has 0 N–H and O–H groups in total. The zero-order valence-corrected chi connectivity index (χ0v) is 8.35. The SMILES string of the molecule is C1=N/C=C\C=C/C2=C1Cc1ccccc12. The van der Waals surface area contributed by atoms with E-state index in [0.29, 0.717) is 0 Å². The molecule has 1 heterocycles. The Labute approximate surface area is 89.2 Å². The van der Waals surface area contributed by atoms with Gasteiger partial charge in [0.15, 0.2) is 0 Å². The van der Waals surface area contributed by atoms with E-state index in [9.17, 15) is 0 Å². The molecule has 0 atom stereocenters. The van der Waals surface area contributed by atoms with Crippen molar-refractivity contribution < 1.29 is 0 Å². The van der Waals surface area contributed by atoms with Gasteiger partial charge in [-0.15, -0.1) is 0 Å². The molecule has 1 heteroatoms. The van der Waals surface area contributed by atoms with Crippen molar-refractivity contribution in [1.82, 2.24) is 0 Å². The van der Waals surface area contributed by atoms with Crippen LogP contribution in [0.5, 0.6) is 0 Å². The van der Waals surface area contributed by atoms with Gasteiger partial charge in [0.05, 0.1) is 0 Å². The normalized spacial score (nSPS) is 21.6. The van der Waals surface area contributed by atoms with Gasteiger partial charge in [-0.2, -0.15) is 0 Å². The molecule has 1 nitrogen and oxygen atoms in total. The maximum absolute atomic E-state index is 4.24. The predicted octanol–water partition coefficient (Wildman–Crippen LogP) is 3.15. The van der Waals surface area contributed by atoms with Gasteiger partial charge in [-0.3, -0.25) is 4.99 Å². The smallest absolute Gasteiger partial charge is 0.0309 e. The third kappa shape index (κ3) is 1.37. The molecule has 3 rings (SSSR count). The molecule has 0 aromatic heterocycles. The van der Waals surface area contributed by atoms with E-state index < -0.39 is 0 Å². The highest BCUT2D eigenvalue weighted by Crippen LogP contribution is 2.33. The average Bonchev–Trinajstić information content (AvgIpc) is 2.55. The molecule has 0 fully saturated rings. The second kappa shape index (κ2) is 3.35. The van der Waals surface area contributed by atoms with E-state index in [4.69, 9.17) is 0 Å². The van der Waals surface area contributed by atoms with Gasteiger partial charge in [0.25, 0.3) is 0 Å². The van der Waals surface area contributed by atoms with Crippen LogP contribution in [0.1, 0.15) is 11.1 Å². The third-order valence-electron chi connectivity index (χ3n) is 2.81. The molecular weight excluding hydrogens is 182 g/mol. The van der Waals surface area contributed by atoms with Crippen LogP contribution >= 0.6 is 0 Å². The molecule has 72 valence electrons. The quantitative estimate of drug-likeness (QED) is 0.600. The van der Waals surface area contributed by atoms with Crippen molar-refractivity contribution in [2.75, 3.05) is 0 Å². The van der Waals surface area contributed by atoms with Crippen molar-refractivity contribution in [3.05, 3.63) is 65.4 Å². The maximum atomic E-state index is 4.24. The molecule has 0 spiro atoms. The molecular formula is C14H11N. The van der Waals surface area contributed by atoms with Crippen molar-refractivity contribution in [2.24, 2.45) is 4.99 Å². The zero-order valence-electron chi connectivity index (χ0n) is 8.35. The minimum Gasteiger partial charge on any atom is -0.264 e. The van der Waals surface area contributed by atoms with Gasteiger partial charge in [-0.05, 0) is 28.3 Å². The second-order valence-corrected chi connectivity index (χ2v) is 3.75. The van der Waals surface area contributed by atoms with Gasteiger partial charge in [0, 0.05) is 18.8 Å². The van der Waals surface area contributed by atoms with Gasteiger partial charge in [0.1, 0.15) is 0 Å². The predicted molar refractivity (Wildman–Crippen MR) is 63.8 cm³/mol. The first-order valence-electron chi connectivity index (χ1n) is 5.13. The minimum atomic E-state index is 1.01. The molecule has 0 saturated heterocycles. The van der Waals surface area contributed by atoms with E-state index in [2.05, 4.69) is 35.3 Å². The monoisotopic (exact) mass is 193 g/mol. The lowest BCUT2D eigenvalue weighted by Gasteiger charge is -2.00. The molecule has 15 heavy (non-hydrogen) atoms. The number of allylic oxidation sites excluding steroid dienone is 5. The lowest BCUT2D eigenvalue weighted by Crippen LogP contribution is -1.86. The Kier molecular flexibility index (Phi) is 1.88. The highest BCUT2D eigenvalue weighted by Gasteiger charge is 2.17. The highest BCUT2D eigenvalue weighted by molar-refractivity contribution is 5.99. The van der Waals surface area contributed by atoms with Crippen LogP contribution in [0.2, 0.25) is 0 Å². The number of fused-ring (bicyclic) bond motifs is 2. The van der Waals surface area contributed by atoms with Gasteiger partial charge in [-0.1, -0.05) is 36.4 Å². The van der Waals surface area contributed by atoms with Crippen molar-refractivity contribution in [1.29, 1.82) is 0 Å². The van der Waals surface area contributed by atoms with Crippen LogP contribution in [0.3, 0.4) is 0 Å². The zero-order chi connectivity index (χ0) is 10.1. The first-order chi connectivity index (χ1) is 7.45. The first-order valence-corrected chi connectivity index (χ1v) is 5.13. The van der Waals surface area contributed by atoms with Crippen LogP contribution in [0.25, 0.3) is 5.57 Å². The fraction of sp³-hybridized carbons (Fsp3) is 0.0714. The summed E-state index contributed by atoms with van der Waals surface area (Å²) in [6.07, 6.45) is 11.0. The summed E-state index contributed by atoms with van der Waals surface area (Å²) in [5.74, 6) is 0. The molecule has 2 aliphatic rings. The minimum absolute atomic E-state index is 1.01. The van der Waals surface area contributed by atoms with E-state index in [1.165, 1.54) is 22.3 Å². The van der Waals surface area contributed by atoms with Crippen LogP contribution in [0.15, 0.2) is 59.3 Å². The van der Waals surface area contributed by atoms with Crippen molar-refractivity contribution >= 4 is 11.8 Å². The van der Waals surface area contributed by atoms with Gasteiger partial charge in [-0.25, -0.2) is 0 Å². The molecule has 0 unspecified atom stereocenters. The summed E-state index contributed by atoms with van der Waals surface area (Å²) in [6.45, 7) is 0. The number of hydrogen-bond donors (Lipinski definition) is 0. The van der Waals surface area contributed by atoms with E-state index in [-0.39, 0.29) is 0 Å². The Morgan fingerprint density at radius 2 is 2.00 bits per heavy atom. The summed E-state index contributed by atoms with van der Waals surface area (Å²) in [7, 11) is 0. The lowest BCUT2D eigenvalue weighted by molar-refractivity contribution is 1.27. The molecule has 0 saturated carbocycles. The molecule has 1 aromatic carbocycles. The van der Waals surface area contributed by atoms with Gasteiger partial charge in [0.2, 0.25) is 0 Å². The Hall–Kier alpha value is -1.89. The van der Waals surface area contributed by atoms with E-state index in [0.717, 1.165) is 6.42 Å². The van der Waals surface area contributed by atoms with Crippen LogP contribution in [-0.2, 0) is 6.42 Å². The lowest BCUT2D eigenvalue weighted by atomic mass is 10.1. The third-order valence-corrected chi connectivity index (χ3v) is 2.81. The second-order valence-electron chi connectivity index (χ2n) is 3.75. The summed E-state index contributed by atoms with van der Waals surface area (Å²) >= 11 is 0. The van der Waals surface area contributed by atoms with Crippen LogP contribution in [0.4, 0.5) is 0 Å². The van der Waals surface area contributed by atoms with Crippen molar-refractivity contribution in [3.8, 4) is 0 Å². The van der Waals surface area contributed by atoms with Crippen LogP contribution in [0, 0.1) is 0 Å². The number of rotatable bonds is 0. The average molecular weight is 193 g/mol. The molecule has 0 amide bonds. The van der Waals surface area contributed by atoms with Gasteiger partial charge >= 0.3 is 0 Å². The number of hydrogen-bond acceptors (Lipinski definition) is 1. The van der Waals surface area contributed by atoms with Gasteiger partial charge < -0.3 is 0 Å². The molecule has 1 aromatic rings. The number of nitrogens with zero attached hydrogens (tertiary/aromatic N) is 1. The van der Waals surface area contributed by atoms with Crippen LogP contribution in [-0.4, -0.2) is 6.21 Å². The topological polar surface area (TPSA) is 12.4 Å². The Balaban J connectivity index is 2.16. The van der Waals surface area contributed by atoms with E-state index >= 15 is 0 Å². The maximum Gasteiger partial charge on any atom is 0.0309 e. The summed E-state index contributed by atoms with van der Waals surface area (Å²) < 4.78 is 0. The molecule has 0 radical (unpaired) electrons. The standard InChI is InChI=1S/C14H11N/c1-2-6-13-11(5-1)9-12-10-15-8-4-3-7-14(12)13/h1-8,10H,9H2/b4-3?,7-3-,8-4-,12-10?,14-7?,15-8?,15-10?. The summed E-state index contributed by atoms with van der Waals surface area (Å²) in [5.41, 5.74) is 5.39. The fourth-order valence-electron chi connectivity index (χ4n) is 2.11. The molecule has 1 aliphatic heterocycles. The highest BCUT2D eigenvalue weighted by atomic mass is 14.7. The number of benzene rings is 1. The Morgan fingerprint density at radius 3 is 3.00 bits per heavy atom. The first kappa shape index (κ1) is 8.42. The summed E-state index contributed by atoms with van der Waals surface area (Å²) in [5, 5.41) is 0. The van der Waals surface area contributed by atoms with Crippen LogP contribution < -0.4 is 0 Å². The Morgan fingerprint density at radius 1 is 1.07 bits per heavy atom. The van der Waals surface area contributed by atoms with E-state index in [1.54, 1.807) is 0 Å². The molecule has 0 bridgehead atoms. The summed E-state index contributed by atoms with van der Waals surface area (Å²) in [4.78, 5) is 4.24. The van der Waals surface area contributed by atoms with Crippen molar-refractivity contribution in [3.63, 3.8) is 0 Å². The summed E-state index contributed by atoms with van der Waals surface area (Å²) in [6, 6.07) is 8.56. The van der Waals surface area contributed by atoms with E-state index in [1.807, 2.05) is 24.6 Å². The van der Waals surface area contributed by atoms with Crippen molar-refractivity contribution in [2.45, 2.75) is 6.42 Å². The largest absolute Gasteiger partial charge is 0.264 e. The number of aliphatic imine (C=N–C) groups is 1. The fourth-order valence-corrected chi connectivity index (χ4v) is 2.11.